The standard InChI is InChI=1S/C13H19NO4S/c1-2-3-8-14-9-10-19(17,18)12-7-5-4-6-11(12)13(15)16/h4-7,14H,2-3,8-10H2,1H3,(H,15,16). The number of aromatic carboxylic acids is 1. The summed E-state index contributed by atoms with van der Waals surface area (Å²) in [6, 6.07) is 5.69. The van der Waals surface area contributed by atoms with Crippen molar-refractivity contribution in [3.8, 4) is 0 Å². The number of hydrogen-bond acceptors (Lipinski definition) is 4. The zero-order valence-corrected chi connectivity index (χ0v) is 11.7. The summed E-state index contributed by atoms with van der Waals surface area (Å²) in [5.74, 6) is -1.32. The Morgan fingerprint density at radius 1 is 1.26 bits per heavy atom. The highest BCUT2D eigenvalue weighted by Crippen LogP contribution is 2.16. The van der Waals surface area contributed by atoms with Gasteiger partial charge in [0.25, 0.3) is 0 Å². The maximum Gasteiger partial charge on any atom is 0.337 e. The number of carboxylic acid groups (broad SMARTS) is 1. The number of unbranched alkanes of at least 4 members (excludes halogenated alkanes) is 1. The minimum Gasteiger partial charge on any atom is -0.478 e. The van der Waals surface area contributed by atoms with Gasteiger partial charge in [-0.3, -0.25) is 0 Å². The van der Waals surface area contributed by atoms with Crippen LogP contribution in [0.1, 0.15) is 30.1 Å². The van der Waals surface area contributed by atoms with Gasteiger partial charge in [-0.15, -0.1) is 0 Å². The maximum absolute atomic E-state index is 12.1. The quantitative estimate of drug-likeness (QED) is 0.708. The lowest BCUT2D eigenvalue weighted by Crippen LogP contribution is -2.24. The number of carbonyl (C=O) groups is 1. The number of nitrogens with one attached hydrogen (secondary N) is 1. The first kappa shape index (κ1) is 15.7. The van der Waals surface area contributed by atoms with Gasteiger partial charge in [0.1, 0.15) is 0 Å². The van der Waals surface area contributed by atoms with Crippen LogP contribution in [0, 0.1) is 0 Å². The van der Waals surface area contributed by atoms with E-state index in [-0.39, 0.29) is 16.2 Å². The van der Waals surface area contributed by atoms with Crippen LogP contribution < -0.4 is 5.32 Å². The Balaban J connectivity index is 2.75. The predicted octanol–water partition coefficient (Wildman–Crippen LogP) is 1.55. The van der Waals surface area contributed by atoms with Gasteiger partial charge >= 0.3 is 5.97 Å². The molecule has 106 valence electrons. The lowest BCUT2D eigenvalue weighted by Gasteiger charge is -2.08. The highest BCUT2D eigenvalue weighted by Gasteiger charge is 2.21. The molecule has 0 aliphatic carbocycles. The van der Waals surface area contributed by atoms with Gasteiger partial charge in [-0.05, 0) is 25.1 Å². The van der Waals surface area contributed by atoms with E-state index in [0.29, 0.717) is 6.54 Å². The molecule has 6 heteroatoms. The fourth-order valence-electron chi connectivity index (χ4n) is 1.66. The number of benzene rings is 1. The lowest BCUT2D eigenvalue weighted by molar-refractivity contribution is 0.0692. The molecule has 1 aromatic rings. The summed E-state index contributed by atoms with van der Waals surface area (Å²) >= 11 is 0. The summed E-state index contributed by atoms with van der Waals surface area (Å²) < 4.78 is 24.2. The van der Waals surface area contributed by atoms with Gasteiger partial charge in [0.2, 0.25) is 0 Å². The van der Waals surface area contributed by atoms with Crippen LogP contribution in [0.5, 0.6) is 0 Å². The van der Waals surface area contributed by atoms with Crippen LogP contribution in [0.4, 0.5) is 0 Å². The molecule has 0 spiro atoms. The topological polar surface area (TPSA) is 83.5 Å². The van der Waals surface area contributed by atoms with Crippen molar-refractivity contribution in [3.05, 3.63) is 29.8 Å². The molecule has 0 fully saturated rings. The van der Waals surface area contributed by atoms with E-state index in [1.54, 1.807) is 0 Å². The molecule has 0 amide bonds. The van der Waals surface area contributed by atoms with Crippen molar-refractivity contribution in [1.82, 2.24) is 5.32 Å². The van der Waals surface area contributed by atoms with Gasteiger partial charge in [0.05, 0.1) is 16.2 Å². The molecule has 0 aliphatic heterocycles. The van der Waals surface area contributed by atoms with Crippen LogP contribution in [0.15, 0.2) is 29.2 Å². The molecular formula is C13H19NO4S. The molecule has 0 unspecified atom stereocenters. The maximum atomic E-state index is 12.1. The van der Waals surface area contributed by atoms with Crippen LogP contribution in [0.2, 0.25) is 0 Å². The van der Waals surface area contributed by atoms with Crippen molar-refractivity contribution in [3.63, 3.8) is 0 Å². The van der Waals surface area contributed by atoms with E-state index in [9.17, 15) is 13.2 Å². The molecule has 1 rings (SSSR count). The average Bonchev–Trinajstić information content (AvgIpc) is 2.38. The average molecular weight is 285 g/mol. The molecule has 2 N–H and O–H groups in total. The number of rotatable bonds is 8. The molecule has 0 heterocycles. The van der Waals surface area contributed by atoms with Crippen LogP contribution in [0.25, 0.3) is 0 Å². The molecule has 0 bridgehead atoms. The van der Waals surface area contributed by atoms with E-state index in [0.717, 1.165) is 19.4 Å². The van der Waals surface area contributed by atoms with Gasteiger partial charge in [0, 0.05) is 6.54 Å². The first-order valence-electron chi connectivity index (χ1n) is 6.25. The van der Waals surface area contributed by atoms with Crippen LogP contribution in [-0.4, -0.2) is 38.3 Å². The molecule has 19 heavy (non-hydrogen) atoms. The zero-order valence-electron chi connectivity index (χ0n) is 10.9. The van der Waals surface area contributed by atoms with Crippen LogP contribution in [0.3, 0.4) is 0 Å². The predicted molar refractivity (Wildman–Crippen MR) is 73.2 cm³/mol. The summed E-state index contributed by atoms with van der Waals surface area (Å²) in [7, 11) is -3.57. The van der Waals surface area contributed by atoms with Crippen LogP contribution in [-0.2, 0) is 9.84 Å². The van der Waals surface area contributed by atoms with Gasteiger partial charge in [-0.25, -0.2) is 13.2 Å². The first-order chi connectivity index (χ1) is 8.99. The Labute approximate surface area is 113 Å². The Bertz CT molecular complexity index is 525. The van der Waals surface area contributed by atoms with Crippen molar-refractivity contribution in [1.29, 1.82) is 0 Å². The second-order valence-corrected chi connectivity index (χ2v) is 6.30. The Hall–Kier alpha value is -1.40. The third-order valence-electron chi connectivity index (χ3n) is 2.71. The largest absolute Gasteiger partial charge is 0.478 e. The second kappa shape index (κ2) is 7.25. The summed E-state index contributed by atoms with van der Waals surface area (Å²) in [4.78, 5) is 10.9. The lowest BCUT2D eigenvalue weighted by atomic mass is 10.2. The van der Waals surface area contributed by atoms with E-state index in [1.807, 2.05) is 0 Å². The molecule has 0 atom stereocenters. The third kappa shape index (κ3) is 4.65. The minimum atomic E-state index is -3.57. The molecule has 0 saturated carbocycles. The third-order valence-corrected chi connectivity index (χ3v) is 4.47. The van der Waals surface area contributed by atoms with Crippen LogP contribution >= 0.6 is 0 Å². The van der Waals surface area contributed by atoms with Gasteiger partial charge in [-0.2, -0.15) is 0 Å². The number of hydrogen-bond donors (Lipinski definition) is 2. The van der Waals surface area contributed by atoms with E-state index in [4.69, 9.17) is 5.11 Å². The highest BCUT2D eigenvalue weighted by atomic mass is 32.2. The summed E-state index contributed by atoms with van der Waals surface area (Å²) in [6.07, 6.45) is 2.04. The van der Waals surface area contributed by atoms with E-state index < -0.39 is 15.8 Å². The van der Waals surface area contributed by atoms with Crippen molar-refractivity contribution in [2.24, 2.45) is 0 Å². The van der Waals surface area contributed by atoms with E-state index in [1.165, 1.54) is 24.3 Å². The molecular weight excluding hydrogens is 266 g/mol. The Morgan fingerprint density at radius 2 is 1.95 bits per heavy atom. The monoisotopic (exact) mass is 285 g/mol. The molecule has 0 aromatic heterocycles. The van der Waals surface area contributed by atoms with Gasteiger partial charge in [0.15, 0.2) is 9.84 Å². The fourth-order valence-corrected chi connectivity index (χ4v) is 3.07. The molecule has 0 aliphatic rings. The van der Waals surface area contributed by atoms with Gasteiger partial charge < -0.3 is 10.4 Å². The SMILES string of the molecule is CCCCNCCS(=O)(=O)c1ccccc1C(=O)O. The molecule has 5 nitrogen and oxygen atoms in total. The first-order valence-corrected chi connectivity index (χ1v) is 7.90. The van der Waals surface area contributed by atoms with Gasteiger partial charge in [-0.1, -0.05) is 25.5 Å². The van der Waals surface area contributed by atoms with Crippen molar-refractivity contribution in [2.45, 2.75) is 24.7 Å². The van der Waals surface area contributed by atoms with Crippen molar-refractivity contribution in [2.75, 3.05) is 18.8 Å². The minimum absolute atomic E-state index is 0.0962. The molecule has 0 radical (unpaired) electrons. The number of carboxylic acids is 1. The summed E-state index contributed by atoms with van der Waals surface area (Å²) in [5.41, 5.74) is -0.170. The smallest absolute Gasteiger partial charge is 0.337 e. The van der Waals surface area contributed by atoms with E-state index in [2.05, 4.69) is 12.2 Å². The molecule has 0 saturated heterocycles. The Morgan fingerprint density at radius 3 is 2.58 bits per heavy atom. The summed E-state index contributed by atoms with van der Waals surface area (Å²) in [6.45, 7) is 3.16. The molecule has 1 aromatic carbocycles. The van der Waals surface area contributed by atoms with E-state index >= 15 is 0 Å². The zero-order chi connectivity index (χ0) is 14.3. The van der Waals surface area contributed by atoms with Crippen molar-refractivity contribution >= 4 is 15.8 Å². The summed E-state index contributed by atoms with van der Waals surface area (Å²) in [5, 5.41) is 12.0. The fraction of sp³-hybridized carbons (Fsp3) is 0.462. The Kier molecular flexibility index (Phi) is 5.98. The van der Waals surface area contributed by atoms with Crippen molar-refractivity contribution < 1.29 is 18.3 Å². The second-order valence-electron chi connectivity index (χ2n) is 4.22. The number of sulfone groups is 1. The normalized spacial score (nSPS) is 11.4. The highest BCUT2D eigenvalue weighted by molar-refractivity contribution is 7.91.